The molecule has 0 aliphatic heterocycles. The van der Waals surface area contributed by atoms with E-state index in [4.69, 9.17) is 30.4 Å². The summed E-state index contributed by atoms with van der Waals surface area (Å²) in [4.78, 5) is 0. The Hall–Kier alpha value is 0.396. The molecular weight excluding hydrogens is 311 g/mol. The molecule has 0 aromatic heterocycles. The van der Waals surface area contributed by atoms with E-state index >= 15 is 0 Å². The molecule has 1 nitrogen and oxygen atoms in total. The Morgan fingerprint density at radius 2 is 1.44 bits per heavy atom. The van der Waals surface area contributed by atoms with Gasteiger partial charge < -0.3 is 5.32 Å². The van der Waals surface area contributed by atoms with E-state index in [9.17, 15) is 0 Å². The number of hydrogen-bond donors (Lipinski definition) is 1. The monoisotopic (exact) mass is 327 g/mol. The molecule has 1 rings (SSSR count). The van der Waals surface area contributed by atoms with Crippen LogP contribution in [0.25, 0.3) is 0 Å². The van der Waals surface area contributed by atoms with E-state index in [1.165, 1.54) is 22.4 Å². The van der Waals surface area contributed by atoms with Crippen LogP contribution in [0.15, 0.2) is 12.1 Å². The second kappa shape index (κ2) is 8.48. The van der Waals surface area contributed by atoms with Gasteiger partial charge in [-0.1, -0.05) is 17.7 Å². The van der Waals surface area contributed by atoms with Crippen molar-refractivity contribution < 1.29 is 10.9 Å². The van der Waals surface area contributed by atoms with Gasteiger partial charge in [-0.25, -0.2) is 0 Å². The summed E-state index contributed by atoms with van der Waals surface area (Å²) in [6.07, 6.45) is 0. The normalized spacial score (nSPS) is 10.3. The second-order valence-corrected chi connectivity index (χ2v) is 8.61. The summed E-state index contributed by atoms with van der Waals surface area (Å²) in [6, 6.07) is 4.43. The molecule has 0 heterocycles. The van der Waals surface area contributed by atoms with Gasteiger partial charge in [0, 0.05) is 12.2 Å². The third-order valence-electron chi connectivity index (χ3n) is 2.03. The van der Waals surface area contributed by atoms with E-state index in [0.29, 0.717) is 0 Å². The molecule has 16 heavy (non-hydrogen) atoms. The van der Waals surface area contributed by atoms with Crippen LogP contribution >= 0.6 is 30.4 Å². The average Bonchev–Trinajstić information content (AvgIpc) is 2.10. The van der Waals surface area contributed by atoms with Gasteiger partial charge in [-0.3, -0.25) is 0 Å². The molecule has 5 heteroatoms. The fourth-order valence-electron chi connectivity index (χ4n) is 1.64. The van der Waals surface area contributed by atoms with Gasteiger partial charge in [0.1, 0.15) is 0 Å². The van der Waals surface area contributed by atoms with Crippen LogP contribution < -0.4 is 5.32 Å². The Bertz CT molecular complexity index is 303. The first kappa shape index (κ1) is 16.4. The first-order chi connectivity index (χ1) is 7.38. The summed E-state index contributed by atoms with van der Waals surface area (Å²) in [5, 5.41) is 3.37. The Kier molecular flexibility index (Phi) is 8.69. The van der Waals surface area contributed by atoms with Crippen molar-refractivity contribution in [3.05, 3.63) is 28.8 Å². The Balaban J connectivity index is 0.000000487. The fourth-order valence-corrected chi connectivity index (χ4v) is 1.64. The van der Waals surface area contributed by atoms with E-state index < -0.39 is 10.9 Å². The van der Waals surface area contributed by atoms with Crippen LogP contribution in [0, 0.1) is 20.8 Å². The first-order valence-electron chi connectivity index (χ1n) is 4.84. The predicted molar refractivity (Wildman–Crippen MR) is 72.4 cm³/mol. The summed E-state index contributed by atoms with van der Waals surface area (Å²) < 4.78 is 0. The molecule has 0 fully saturated rings. The topological polar surface area (TPSA) is 12.0 Å². The van der Waals surface area contributed by atoms with Crippen LogP contribution in [0.4, 0.5) is 5.69 Å². The van der Waals surface area contributed by atoms with Crippen LogP contribution in [-0.4, -0.2) is 6.54 Å². The minimum atomic E-state index is -1.19. The molecule has 0 atom stereocenters. The van der Waals surface area contributed by atoms with Crippen LogP contribution in [0.1, 0.15) is 23.6 Å². The Labute approximate surface area is 115 Å². The molecule has 0 unspecified atom stereocenters. The van der Waals surface area contributed by atoms with Gasteiger partial charge in [-0.2, -0.15) is 0 Å². The zero-order valence-corrected chi connectivity index (χ0v) is 13.1. The van der Waals surface area contributed by atoms with Crippen molar-refractivity contribution in [2.24, 2.45) is 0 Å². The van der Waals surface area contributed by atoms with Crippen molar-refractivity contribution in [2.45, 2.75) is 27.7 Å². The molecular formula is C11H17Cl3CoN. The standard InChI is InChI=1S/C11H17N.3ClH.Co/c1-5-12-11-9(3)6-8(2)7-10(11)4;;;;/h6-7,12H,5H2,1-4H3;3*1H;/q;;;;+3/p-3. The first-order valence-corrected chi connectivity index (χ1v) is 9.14. The molecule has 0 saturated carbocycles. The maximum absolute atomic E-state index is 4.87. The molecule has 0 radical (unpaired) electrons. The number of nitrogens with one attached hydrogen (secondary N) is 1. The fraction of sp³-hybridized carbons (Fsp3) is 0.455. The van der Waals surface area contributed by atoms with Crippen molar-refractivity contribution in [1.82, 2.24) is 0 Å². The van der Waals surface area contributed by atoms with Crippen molar-refractivity contribution >= 4 is 36.1 Å². The van der Waals surface area contributed by atoms with Gasteiger partial charge in [0.25, 0.3) is 0 Å². The van der Waals surface area contributed by atoms with Crippen molar-refractivity contribution in [3.8, 4) is 0 Å². The minimum absolute atomic E-state index is 0.991. The average molecular weight is 329 g/mol. The van der Waals surface area contributed by atoms with Crippen molar-refractivity contribution in [3.63, 3.8) is 0 Å². The molecule has 0 aliphatic rings. The van der Waals surface area contributed by atoms with Gasteiger partial charge in [-0.15, -0.1) is 0 Å². The molecule has 96 valence electrons. The predicted octanol–water partition coefficient (Wildman–Crippen LogP) is 5.11. The van der Waals surface area contributed by atoms with Gasteiger partial charge in [0.15, 0.2) is 0 Å². The number of aryl methyl sites for hydroxylation is 3. The molecule has 1 aromatic carbocycles. The van der Waals surface area contributed by atoms with E-state index in [-0.39, 0.29) is 0 Å². The third-order valence-corrected chi connectivity index (χ3v) is 2.03. The number of halogens is 3. The second-order valence-electron chi connectivity index (χ2n) is 3.45. The number of hydrogen-bond acceptors (Lipinski definition) is 1. The van der Waals surface area contributed by atoms with Crippen LogP contribution in [0.2, 0.25) is 0 Å². The van der Waals surface area contributed by atoms with E-state index in [1.807, 2.05) is 0 Å². The molecule has 0 spiro atoms. The zero-order valence-electron chi connectivity index (χ0n) is 9.83. The number of anilines is 1. The van der Waals surface area contributed by atoms with Crippen LogP contribution in [-0.2, 0) is 10.9 Å². The number of benzene rings is 1. The SMILES string of the molecule is CCNc1c(C)cc(C)cc1C.[Cl][Co]([Cl])[Cl]. The summed E-state index contributed by atoms with van der Waals surface area (Å²) >= 11 is 0. The van der Waals surface area contributed by atoms with Crippen molar-refractivity contribution in [1.29, 1.82) is 0 Å². The van der Waals surface area contributed by atoms with Crippen LogP contribution in [0.5, 0.6) is 0 Å². The molecule has 0 saturated heterocycles. The zero-order chi connectivity index (χ0) is 12.7. The van der Waals surface area contributed by atoms with Gasteiger partial charge in [0.05, 0.1) is 0 Å². The summed E-state index contributed by atoms with van der Waals surface area (Å²) in [5.74, 6) is 0. The maximum atomic E-state index is 4.87. The van der Waals surface area contributed by atoms with E-state index in [2.05, 4.69) is 45.1 Å². The molecule has 0 bridgehead atoms. The number of rotatable bonds is 2. The van der Waals surface area contributed by atoms with Crippen LogP contribution in [0.3, 0.4) is 0 Å². The summed E-state index contributed by atoms with van der Waals surface area (Å²) in [7, 11) is 13.4. The van der Waals surface area contributed by atoms with Gasteiger partial charge in [0.2, 0.25) is 0 Å². The Morgan fingerprint density at radius 3 is 1.75 bits per heavy atom. The summed E-state index contributed by atoms with van der Waals surface area (Å²) in [6.45, 7) is 9.55. The quantitative estimate of drug-likeness (QED) is 0.795. The molecule has 0 amide bonds. The van der Waals surface area contributed by atoms with Crippen molar-refractivity contribution in [2.75, 3.05) is 11.9 Å². The Morgan fingerprint density at radius 1 is 1.06 bits per heavy atom. The van der Waals surface area contributed by atoms with Gasteiger partial charge in [-0.05, 0) is 38.8 Å². The molecule has 1 N–H and O–H groups in total. The third kappa shape index (κ3) is 6.87. The molecule has 1 aromatic rings. The van der Waals surface area contributed by atoms with E-state index in [0.717, 1.165) is 6.54 Å². The van der Waals surface area contributed by atoms with E-state index in [1.54, 1.807) is 0 Å². The summed E-state index contributed by atoms with van der Waals surface area (Å²) in [5.41, 5.74) is 5.32. The van der Waals surface area contributed by atoms with Gasteiger partial charge >= 0.3 is 41.4 Å². The molecule has 0 aliphatic carbocycles.